The molecule has 0 bridgehead atoms. The van der Waals surface area contributed by atoms with Crippen molar-refractivity contribution in [3.63, 3.8) is 0 Å². The van der Waals surface area contributed by atoms with Crippen molar-refractivity contribution in [3.05, 3.63) is 39.7 Å². The number of hydrogen-bond donors (Lipinski definition) is 1. The van der Waals surface area contributed by atoms with Crippen molar-refractivity contribution in [2.24, 2.45) is 0 Å². The molecule has 1 aliphatic carbocycles. The fourth-order valence-electron chi connectivity index (χ4n) is 4.11. The molecule has 7 heteroatoms. The third-order valence-electron chi connectivity index (χ3n) is 5.43. The number of aliphatic carboxylic acids is 1. The maximum absolute atomic E-state index is 12.6. The summed E-state index contributed by atoms with van der Waals surface area (Å²) in [4.78, 5) is 37.4. The number of carbonyl (C=O) groups is 2. The molecule has 4 rings (SSSR count). The number of benzene rings is 1. The van der Waals surface area contributed by atoms with Crippen LogP contribution in [0.3, 0.4) is 0 Å². The van der Waals surface area contributed by atoms with Gasteiger partial charge in [0.25, 0.3) is 5.91 Å². The molecule has 1 aromatic heterocycles. The maximum Gasteiger partial charge on any atom is 0.339 e. The second-order valence-electron chi connectivity index (χ2n) is 7.15. The largest absolute Gasteiger partial charge is 0.481 e. The van der Waals surface area contributed by atoms with E-state index in [9.17, 15) is 19.5 Å². The summed E-state index contributed by atoms with van der Waals surface area (Å²) in [5.74, 6) is -0.930. The van der Waals surface area contributed by atoms with E-state index in [2.05, 4.69) is 0 Å². The Morgan fingerprint density at radius 1 is 1.26 bits per heavy atom. The predicted octanol–water partition coefficient (Wildman–Crippen LogP) is 2.12. The minimum absolute atomic E-state index is 0.308. The third-order valence-corrected chi connectivity index (χ3v) is 5.43. The molecular formula is C20H21NO6. The first-order chi connectivity index (χ1) is 13.0. The molecule has 1 amide bonds. The first-order valence-electron chi connectivity index (χ1n) is 9.24. The molecule has 0 unspecified atom stereocenters. The summed E-state index contributed by atoms with van der Waals surface area (Å²) >= 11 is 0. The number of carboxylic acids is 1. The molecule has 1 aromatic carbocycles. The lowest BCUT2D eigenvalue weighted by Gasteiger charge is -2.25. The zero-order valence-corrected chi connectivity index (χ0v) is 15.1. The molecular weight excluding hydrogens is 350 g/mol. The Morgan fingerprint density at radius 3 is 2.81 bits per heavy atom. The second kappa shape index (κ2) is 6.72. The number of carboxylic acid groups (broad SMARTS) is 1. The lowest BCUT2D eigenvalue weighted by atomic mass is 10.1. The van der Waals surface area contributed by atoms with E-state index in [1.807, 2.05) is 6.07 Å². The van der Waals surface area contributed by atoms with E-state index < -0.39 is 18.1 Å². The number of carbonyl (C=O) groups excluding carboxylic acids is 1. The SMILES string of the molecule is C[C@@H](Oc1ccc2c3c(c(=O)oc2c1)CCC3)C(=O)N1CCC[C@H]1C(=O)O. The number of hydrogen-bond acceptors (Lipinski definition) is 5. The van der Waals surface area contributed by atoms with Crippen LogP contribution in [0.1, 0.15) is 37.3 Å². The summed E-state index contributed by atoms with van der Waals surface area (Å²) in [6.07, 6.45) is 2.85. The maximum atomic E-state index is 12.6. The van der Waals surface area contributed by atoms with Crippen LogP contribution in [0, 0.1) is 0 Å². The van der Waals surface area contributed by atoms with Gasteiger partial charge in [0.05, 0.1) is 0 Å². The predicted molar refractivity (Wildman–Crippen MR) is 97.0 cm³/mol. The molecule has 0 saturated carbocycles. The summed E-state index contributed by atoms with van der Waals surface area (Å²) in [7, 11) is 0. The molecule has 0 spiro atoms. The average molecular weight is 371 g/mol. The van der Waals surface area contributed by atoms with Crippen LogP contribution in [-0.4, -0.2) is 40.6 Å². The van der Waals surface area contributed by atoms with Crippen LogP contribution in [0.15, 0.2) is 27.4 Å². The molecule has 2 aliphatic rings. The minimum Gasteiger partial charge on any atom is -0.481 e. The van der Waals surface area contributed by atoms with E-state index in [4.69, 9.17) is 9.15 Å². The first-order valence-corrected chi connectivity index (χ1v) is 9.24. The smallest absolute Gasteiger partial charge is 0.339 e. The number of fused-ring (bicyclic) bond motifs is 3. The number of aryl methyl sites for hydroxylation is 1. The number of amides is 1. The zero-order chi connectivity index (χ0) is 19.1. The minimum atomic E-state index is -0.991. The summed E-state index contributed by atoms with van der Waals surface area (Å²) < 4.78 is 11.2. The van der Waals surface area contributed by atoms with Crippen molar-refractivity contribution < 1.29 is 23.8 Å². The van der Waals surface area contributed by atoms with Gasteiger partial charge in [-0.1, -0.05) is 0 Å². The highest BCUT2D eigenvalue weighted by Gasteiger charge is 2.36. The van der Waals surface area contributed by atoms with Crippen LogP contribution in [-0.2, 0) is 22.4 Å². The van der Waals surface area contributed by atoms with Crippen LogP contribution < -0.4 is 10.4 Å². The van der Waals surface area contributed by atoms with E-state index in [1.165, 1.54) is 4.90 Å². The summed E-state index contributed by atoms with van der Waals surface area (Å²) in [5, 5.41) is 10.2. The van der Waals surface area contributed by atoms with Crippen LogP contribution in [0.4, 0.5) is 0 Å². The first kappa shape index (κ1) is 17.6. The fourth-order valence-corrected chi connectivity index (χ4v) is 4.11. The van der Waals surface area contributed by atoms with Gasteiger partial charge in [-0.3, -0.25) is 4.79 Å². The van der Waals surface area contributed by atoms with Crippen LogP contribution in [0.5, 0.6) is 5.75 Å². The van der Waals surface area contributed by atoms with Gasteiger partial charge in [0.15, 0.2) is 6.10 Å². The Hall–Kier alpha value is -2.83. The van der Waals surface area contributed by atoms with Gasteiger partial charge in [0.2, 0.25) is 0 Å². The molecule has 27 heavy (non-hydrogen) atoms. The van der Waals surface area contributed by atoms with Gasteiger partial charge in [-0.2, -0.15) is 0 Å². The van der Waals surface area contributed by atoms with E-state index in [-0.39, 0.29) is 11.5 Å². The van der Waals surface area contributed by atoms with Crippen LogP contribution in [0.25, 0.3) is 11.0 Å². The average Bonchev–Trinajstić information content (AvgIpc) is 3.30. The van der Waals surface area contributed by atoms with E-state index in [0.717, 1.165) is 35.8 Å². The van der Waals surface area contributed by atoms with E-state index in [0.29, 0.717) is 30.7 Å². The van der Waals surface area contributed by atoms with Crippen LogP contribution >= 0.6 is 0 Å². The van der Waals surface area contributed by atoms with Gasteiger partial charge in [-0.05, 0) is 56.7 Å². The Morgan fingerprint density at radius 2 is 2.04 bits per heavy atom. The molecule has 2 atom stereocenters. The van der Waals surface area contributed by atoms with Gasteiger partial charge in [0, 0.05) is 23.6 Å². The highest BCUT2D eigenvalue weighted by molar-refractivity contribution is 5.87. The fraction of sp³-hybridized carbons (Fsp3) is 0.450. The van der Waals surface area contributed by atoms with Crippen molar-refractivity contribution >= 4 is 22.8 Å². The van der Waals surface area contributed by atoms with Gasteiger partial charge in [-0.25, -0.2) is 9.59 Å². The third kappa shape index (κ3) is 3.07. The van der Waals surface area contributed by atoms with Gasteiger partial charge in [-0.15, -0.1) is 0 Å². The van der Waals surface area contributed by atoms with E-state index in [1.54, 1.807) is 19.1 Å². The molecule has 2 aromatic rings. The Kier molecular flexibility index (Phi) is 4.37. The highest BCUT2D eigenvalue weighted by atomic mass is 16.5. The zero-order valence-electron chi connectivity index (χ0n) is 15.1. The van der Waals surface area contributed by atoms with Gasteiger partial charge >= 0.3 is 11.6 Å². The van der Waals surface area contributed by atoms with Crippen molar-refractivity contribution in [2.75, 3.05) is 6.54 Å². The summed E-state index contributed by atoms with van der Waals surface area (Å²) in [6, 6.07) is 4.44. The Bertz CT molecular complexity index is 978. The van der Waals surface area contributed by atoms with Gasteiger partial charge < -0.3 is 19.2 Å². The number of ether oxygens (including phenoxy) is 1. The second-order valence-corrected chi connectivity index (χ2v) is 7.15. The molecule has 1 saturated heterocycles. The standard InChI is InChI=1S/C20H21NO6/c1-11(18(22)21-9-3-6-16(21)19(23)24)26-12-7-8-14-13-4-2-5-15(13)20(25)27-17(14)10-12/h7-8,10-11,16H,2-6,9H2,1H3,(H,23,24)/t11-,16+/m1/s1. The molecule has 0 radical (unpaired) electrons. The molecule has 7 nitrogen and oxygen atoms in total. The van der Waals surface area contributed by atoms with Crippen molar-refractivity contribution in [1.29, 1.82) is 0 Å². The molecule has 142 valence electrons. The van der Waals surface area contributed by atoms with E-state index >= 15 is 0 Å². The summed E-state index contributed by atoms with van der Waals surface area (Å²) in [6.45, 7) is 2.02. The molecule has 2 heterocycles. The van der Waals surface area contributed by atoms with Crippen LogP contribution in [0.2, 0.25) is 0 Å². The lowest BCUT2D eigenvalue weighted by Crippen LogP contribution is -2.46. The Balaban J connectivity index is 1.56. The van der Waals surface area contributed by atoms with Crippen molar-refractivity contribution in [1.82, 2.24) is 4.90 Å². The quantitative estimate of drug-likeness (QED) is 0.827. The normalized spacial score (nSPS) is 19.9. The monoisotopic (exact) mass is 371 g/mol. The number of nitrogens with zero attached hydrogens (tertiary/aromatic N) is 1. The number of rotatable bonds is 4. The lowest BCUT2D eigenvalue weighted by molar-refractivity contribution is -0.150. The molecule has 1 aliphatic heterocycles. The van der Waals surface area contributed by atoms with Crippen molar-refractivity contribution in [2.45, 2.75) is 51.2 Å². The number of likely N-dealkylation sites (tertiary alicyclic amines) is 1. The summed E-state index contributed by atoms with van der Waals surface area (Å²) in [5.41, 5.74) is 1.94. The molecule has 1 fully saturated rings. The van der Waals surface area contributed by atoms with Crippen molar-refractivity contribution in [3.8, 4) is 5.75 Å². The molecule has 1 N–H and O–H groups in total. The Labute approximate surface area is 155 Å². The highest BCUT2D eigenvalue weighted by Crippen LogP contribution is 2.30. The van der Waals surface area contributed by atoms with Gasteiger partial charge in [0.1, 0.15) is 17.4 Å². The topological polar surface area (TPSA) is 97.0 Å².